The number of carbonyl (C=O) groups excluding carboxylic acids is 3. The average molecular weight is 402 g/mol. The number of hydrogen-bond acceptors (Lipinski definition) is 5. The number of amides is 3. The smallest absolute Gasteiger partial charge is 0.313 e. The van der Waals surface area contributed by atoms with E-state index >= 15 is 0 Å². The molecule has 0 spiro atoms. The summed E-state index contributed by atoms with van der Waals surface area (Å²) in [6, 6.07) is 8.63. The maximum absolute atomic E-state index is 13.4. The highest BCUT2D eigenvalue weighted by Gasteiger charge is 2.40. The fourth-order valence-corrected chi connectivity index (χ4v) is 3.89. The number of benzene rings is 1. The number of likely N-dealkylation sites (N-methyl/N-ethyl adjacent to an activating group) is 1. The lowest BCUT2D eigenvalue weighted by molar-refractivity contribution is -0.161. The van der Waals surface area contributed by atoms with E-state index in [1.54, 1.807) is 16.8 Å². The van der Waals surface area contributed by atoms with Gasteiger partial charge in [0.05, 0.1) is 0 Å². The van der Waals surface area contributed by atoms with E-state index in [0.717, 1.165) is 31.4 Å². The van der Waals surface area contributed by atoms with Gasteiger partial charge in [0, 0.05) is 45.8 Å². The number of piperazine rings is 1. The van der Waals surface area contributed by atoms with Crippen molar-refractivity contribution in [2.45, 2.75) is 38.3 Å². The summed E-state index contributed by atoms with van der Waals surface area (Å²) in [7, 11) is 1.75. The van der Waals surface area contributed by atoms with Gasteiger partial charge in [0.15, 0.2) is 0 Å². The Bertz CT molecular complexity index is 720. The second kappa shape index (κ2) is 9.84. The highest BCUT2D eigenvalue weighted by Crippen LogP contribution is 2.26. The summed E-state index contributed by atoms with van der Waals surface area (Å²) in [5.74, 6) is -1.28. The Morgan fingerprint density at radius 3 is 2.62 bits per heavy atom. The van der Waals surface area contributed by atoms with Crippen LogP contribution in [0.25, 0.3) is 0 Å². The van der Waals surface area contributed by atoms with Gasteiger partial charge in [0.25, 0.3) is 0 Å². The Morgan fingerprint density at radius 1 is 1.21 bits per heavy atom. The molecule has 0 bridgehead atoms. The normalized spacial score (nSPS) is 20.8. The molecule has 29 heavy (non-hydrogen) atoms. The second-order valence-corrected chi connectivity index (χ2v) is 7.73. The molecule has 2 aliphatic heterocycles. The van der Waals surface area contributed by atoms with Gasteiger partial charge in [-0.25, -0.2) is 0 Å². The number of hydrazine groups is 1. The van der Waals surface area contributed by atoms with E-state index in [-0.39, 0.29) is 11.9 Å². The minimum absolute atomic E-state index is 0.170. The standard InChI is InChI=1S/C21H31N5O3/c1-3-4-12-25-13-14-26(21(29)20(25)28)18(16-8-6-5-7-9-16)19(27)24(2)15-17-10-11-22-23-17/h5-9,17-18,22-23H,3-4,10-15H2,1-2H3. The van der Waals surface area contributed by atoms with E-state index in [4.69, 9.17) is 0 Å². The molecule has 2 saturated heterocycles. The SMILES string of the molecule is CCCCN1CCN(C(C(=O)N(C)CC2CCNN2)c2ccccc2)C(=O)C1=O. The third kappa shape index (κ3) is 4.94. The molecule has 0 saturated carbocycles. The van der Waals surface area contributed by atoms with Crippen LogP contribution >= 0.6 is 0 Å². The molecule has 1 aromatic rings. The molecule has 8 nitrogen and oxygen atoms in total. The molecule has 2 unspecified atom stereocenters. The maximum atomic E-state index is 13.4. The van der Waals surface area contributed by atoms with Crippen molar-refractivity contribution in [1.82, 2.24) is 25.6 Å². The maximum Gasteiger partial charge on any atom is 0.313 e. The summed E-state index contributed by atoms with van der Waals surface area (Å²) in [5, 5.41) is 0. The fourth-order valence-electron chi connectivity index (χ4n) is 3.89. The summed E-state index contributed by atoms with van der Waals surface area (Å²) >= 11 is 0. The predicted octanol–water partition coefficient (Wildman–Crippen LogP) is 0.524. The number of nitrogens with zero attached hydrogens (tertiary/aromatic N) is 3. The predicted molar refractivity (Wildman–Crippen MR) is 110 cm³/mol. The quantitative estimate of drug-likeness (QED) is 0.621. The number of hydrogen-bond donors (Lipinski definition) is 2. The van der Waals surface area contributed by atoms with Crippen molar-refractivity contribution >= 4 is 17.7 Å². The van der Waals surface area contributed by atoms with Gasteiger partial charge in [0.1, 0.15) is 6.04 Å². The zero-order valence-electron chi connectivity index (χ0n) is 17.3. The van der Waals surface area contributed by atoms with E-state index in [1.807, 2.05) is 30.3 Å². The van der Waals surface area contributed by atoms with Gasteiger partial charge >= 0.3 is 11.8 Å². The molecular weight excluding hydrogens is 370 g/mol. The fraction of sp³-hybridized carbons (Fsp3) is 0.571. The Labute approximate surface area is 172 Å². The van der Waals surface area contributed by atoms with Crippen molar-refractivity contribution in [3.8, 4) is 0 Å². The lowest BCUT2D eigenvalue weighted by Gasteiger charge is -2.39. The van der Waals surface area contributed by atoms with Gasteiger partial charge in [-0.2, -0.15) is 0 Å². The van der Waals surface area contributed by atoms with Crippen LogP contribution in [0.3, 0.4) is 0 Å². The molecule has 2 heterocycles. The lowest BCUT2D eigenvalue weighted by Crippen LogP contribution is -2.57. The van der Waals surface area contributed by atoms with Crippen molar-refractivity contribution in [1.29, 1.82) is 0 Å². The van der Waals surface area contributed by atoms with Gasteiger partial charge in [-0.15, -0.1) is 0 Å². The summed E-state index contributed by atoms with van der Waals surface area (Å²) in [6.07, 6.45) is 2.76. The third-order valence-corrected chi connectivity index (χ3v) is 5.58. The molecule has 3 rings (SSSR count). The molecule has 0 radical (unpaired) electrons. The number of carbonyl (C=O) groups is 3. The van der Waals surface area contributed by atoms with Crippen molar-refractivity contribution < 1.29 is 14.4 Å². The van der Waals surface area contributed by atoms with Gasteiger partial charge < -0.3 is 14.7 Å². The Kier molecular flexibility index (Phi) is 7.22. The number of unbranched alkanes of at least 4 members (excludes halogenated alkanes) is 1. The van der Waals surface area contributed by atoms with Crippen LogP contribution in [-0.4, -0.2) is 78.2 Å². The molecule has 0 aromatic heterocycles. The highest BCUT2D eigenvalue weighted by molar-refractivity contribution is 6.35. The van der Waals surface area contributed by atoms with E-state index in [9.17, 15) is 14.4 Å². The third-order valence-electron chi connectivity index (χ3n) is 5.58. The van der Waals surface area contributed by atoms with Crippen LogP contribution in [0.15, 0.2) is 30.3 Å². The monoisotopic (exact) mass is 401 g/mol. The summed E-state index contributed by atoms with van der Waals surface area (Å²) in [4.78, 5) is 43.7. The van der Waals surface area contributed by atoms with Crippen molar-refractivity contribution in [2.24, 2.45) is 0 Å². The lowest BCUT2D eigenvalue weighted by atomic mass is 10.0. The minimum atomic E-state index is -0.791. The molecule has 2 fully saturated rings. The number of nitrogens with one attached hydrogen (secondary N) is 2. The molecule has 3 amide bonds. The Hall–Kier alpha value is -2.45. The van der Waals surface area contributed by atoms with Crippen LogP contribution < -0.4 is 10.9 Å². The zero-order valence-corrected chi connectivity index (χ0v) is 17.3. The second-order valence-electron chi connectivity index (χ2n) is 7.73. The summed E-state index contributed by atoms with van der Waals surface area (Å²) in [6.45, 7) is 4.85. The van der Waals surface area contributed by atoms with Crippen LogP contribution in [0.1, 0.15) is 37.8 Å². The summed E-state index contributed by atoms with van der Waals surface area (Å²) in [5.41, 5.74) is 6.96. The zero-order chi connectivity index (χ0) is 20.8. The average Bonchev–Trinajstić information content (AvgIpc) is 3.24. The van der Waals surface area contributed by atoms with E-state index in [0.29, 0.717) is 26.2 Å². The van der Waals surface area contributed by atoms with Crippen LogP contribution in [0.5, 0.6) is 0 Å². The first kappa shape index (κ1) is 21.3. The van der Waals surface area contributed by atoms with Crippen LogP contribution in [0, 0.1) is 0 Å². The van der Waals surface area contributed by atoms with Crippen LogP contribution in [0.2, 0.25) is 0 Å². The molecule has 158 valence electrons. The topological polar surface area (TPSA) is 85.0 Å². The first-order valence-corrected chi connectivity index (χ1v) is 10.4. The van der Waals surface area contributed by atoms with Crippen LogP contribution in [-0.2, 0) is 14.4 Å². The molecule has 8 heteroatoms. The first-order valence-electron chi connectivity index (χ1n) is 10.4. The molecule has 2 atom stereocenters. The van der Waals surface area contributed by atoms with Gasteiger partial charge in [0.2, 0.25) is 5.91 Å². The van der Waals surface area contributed by atoms with Crippen molar-refractivity contribution in [3.05, 3.63) is 35.9 Å². The first-order chi connectivity index (χ1) is 14.0. The number of rotatable bonds is 8. The highest BCUT2D eigenvalue weighted by atomic mass is 16.2. The Balaban J connectivity index is 1.79. The minimum Gasteiger partial charge on any atom is -0.342 e. The van der Waals surface area contributed by atoms with Gasteiger partial charge in [-0.3, -0.25) is 25.2 Å². The molecule has 1 aromatic carbocycles. The van der Waals surface area contributed by atoms with Crippen molar-refractivity contribution in [2.75, 3.05) is 39.8 Å². The van der Waals surface area contributed by atoms with E-state index in [2.05, 4.69) is 17.8 Å². The van der Waals surface area contributed by atoms with Crippen LogP contribution in [0.4, 0.5) is 0 Å². The van der Waals surface area contributed by atoms with E-state index < -0.39 is 17.9 Å². The van der Waals surface area contributed by atoms with Gasteiger partial charge in [-0.05, 0) is 18.4 Å². The molecule has 0 aliphatic carbocycles. The molecular formula is C21H31N5O3. The molecule has 2 N–H and O–H groups in total. The van der Waals surface area contributed by atoms with Crippen molar-refractivity contribution in [3.63, 3.8) is 0 Å². The largest absolute Gasteiger partial charge is 0.342 e. The summed E-state index contributed by atoms with van der Waals surface area (Å²) < 4.78 is 0. The van der Waals surface area contributed by atoms with E-state index in [1.165, 1.54) is 4.90 Å². The van der Waals surface area contributed by atoms with Gasteiger partial charge in [-0.1, -0.05) is 43.7 Å². The Morgan fingerprint density at radius 2 is 1.97 bits per heavy atom. The molecule has 2 aliphatic rings.